The number of hydrogen-bond donors (Lipinski definition) is 2. The minimum absolute atomic E-state index is 0.100. The molecular weight excluding hydrogens is 335 g/mol. The predicted octanol–water partition coefficient (Wildman–Crippen LogP) is 2.17. The summed E-state index contributed by atoms with van der Waals surface area (Å²) in [5.74, 6) is -0.818. The van der Waals surface area contributed by atoms with E-state index < -0.39 is 5.82 Å². The Hall–Kier alpha value is -0.940. The van der Waals surface area contributed by atoms with Crippen LogP contribution >= 0.6 is 15.9 Å². The molecule has 0 spiro atoms. The van der Waals surface area contributed by atoms with E-state index in [2.05, 4.69) is 28.2 Å². The van der Waals surface area contributed by atoms with Crippen molar-refractivity contribution in [1.29, 1.82) is 0 Å². The second kappa shape index (κ2) is 7.90. The summed E-state index contributed by atoms with van der Waals surface area (Å²) in [6.45, 7) is 5.20. The fourth-order valence-electron chi connectivity index (χ4n) is 2.91. The number of piperidine rings is 1. The molecule has 0 saturated carbocycles. The maximum absolute atomic E-state index is 13.6. The second-order valence-electron chi connectivity index (χ2n) is 5.79. The first-order valence-electron chi connectivity index (χ1n) is 7.66. The smallest absolute Gasteiger partial charge is 0.254 e. The molecule has 0 bridgehead atoms. The van der Waals surface area contributed by atoms with Gasteiger partial charge < -0.3 is 10.2 Å². The van der Waals surface area contributed by atoms with E-state index in [1.165, 1.54) is 37.9 Å². The van der Waals surface area contributed by atoms with Gasteiger partial charge in [-0.2, -0.15) is 0 Å². The Morgan fingerprint density at radius 1 is 1.48 bits per heavy atom. The lowest BCUT2D eigenvalue weighted by molar-refractivity contribution is -0.928. The zero-order chi connectivity index (χ0) is 15.2. The molecule has 2 rings (SSSR count). The molecule has 1 aliphatic rings. The van der Waals surface area contributed by atoms with Gasteiger partial charge in [0.05, 0.1) is 24.7 Å². The van der Waals surface area contributed by atoms with Crippen LogP contribution < -0.4 is 10.2 Å². The Labute approximate surface area is 134 Å². The van der Waals surface area contributed by atoms with Gasteiger partial charge in [0.15, 0.2) is 0 Å². The van der Waals surface area contributed by atoms with Gasteiger partial charge in [0.25, 0.3) is 5.91 Å². The van der Waals surface area contributed by atoms with Crippen molar-refractivity contribution in [2.75, 3.05) is 19.6 Å². The number of quaternary nitrogens is 1. The summed E-state index contributed by atoms with van der Waals surface area (Å²) in [5, 5.41) is 2.81. The Morgan fingerprint density at radius 3 is 3.05 bits per heavy atom. The van der Waals surface area contributed by atoms with Gasteiger partial charge in [-0.05, 0) is 44.4 Å². The molecule has 1 fully saturated rings. The maximum atomic E-state index is 13.6. The standard InChI is InChI=1S/C16H22BrFN2O/c1-12-5-2-3-9-20(12)10-4-8-19-16(21)14-11-13(17)6-7-15(14)18/h6-7,11-12H,2-5,8-10H2,1H3,(H,19,21)/p+1/t12-/m0/s1. The first-order valence-corrected chi connectivity index (χ1v) is 8.45. The van der Waals surface area contributed by atoms with Crippen molar-refractivity contribution in [2.45, 2.75) is 38.6 Å². The number of carbonyl (C=O) groups excluding carboxylic acids is 1. The van der Waals surface area contributed by atoms with Gasteiger partial charge >= 0.3 is 0 Å². The molecule has 1 aromatic carbocycles. The highest BCUT2D eigenvalue weighted by Gasteiger charge is 2.21. The van der Waals surface area contributed by atoms with Crippen molar-refractivity contribution >= 4 is 21.8 Å². The number of rotatable bonds is 5. The normalized spacial score (nSPS) is 22.0. The van der Waals surface area contributed by atoms with E-state index in [-0.39, 0.29) is 11.5 Å². The fraction of sp³-hybridized carbons (Fsp3) is 0.562. The zero-order valence-corrected chi connectivity index (χ0v) is 14.0. The van der Waals surface area contributed by atoms with E-state index in [9.17, 15) is 9.18 Å². The van der Waals surface area contributed by atoms with Gasteiger partial charge in [0.1, 0.15) is 5.82 Å². The van der Waals surface area contributed by atoms with Crippen LogP contribution in [0.4, 0.5) is 4.39 Å². The van der Waals surface area contributed by atoms with Crippen molar-refractivity contribution in [3.63, 3.8) is 0 Å². The van der Waals surface area contributed by atoms with Crippen LogP contribution in [0.25, 0.3) is 0 Å². The minimum atomic E-state index is -0.481. The highest BCUT2D eigenvalue weighted by molar-refractivity contribution is 9.10. The Kier molecular flexibility index (Phi) is 6.18. The van der Waals surface area contributed by atoms with Crippen LogP contribution in [0.2, 0.25) is 0 Å². The molecule has 0 aromatic heterocycles. The van der Waals surface area contributed by atoms with Crippen molar-refractivity contribution in [2.24, 2.45) is 0 Å². The van der Waals surface area contributed by atoms with Crippen molar-refractivity contribution < 1.29 is 14.1 Å². The average molecular weight is 358 g/mol. The lowest BCUT2D eigenvalue weighted by Gasteiger charge is -2.30. The lowest BCUT2D eigenvalue weighted by Crippen LogP contribution is -3.16. The summed E-state index contributed by atoms with van der Waals surface area (Å²) >= 11 is 3.26. The van der Waals surface area contributed by atoms with E-state index in [1.807, 2.05) is 0 Å². The molecule has 0 radical (unpaired) electrons. The van der Waals surface area contributed by atoms with Crippen molar-refractivity contribution in [3.8, 4) is 0 Å². The highest BCUT2D eigenvalue weighted by Crippen LogP contribution is 2.15. The number of hydrogen-bond acceptors (Lipinski definition) is 1. The van der Waals surface area contributed by atoms with E-state index in [4.69, 9.17) is 0 Å². The molecule has 1 aromatic rings. The number of likely N-dealkylation sites (tertiary alicyclic amines) is 1. The number of nitrogens with one attached hydrogen (secondary N) is 2. The summed E-state index contributed by atoms with van der Waals surface area (Å²) in [6, 6.07) is 5.13. The topological polar surface area (TPSA) is 33.5 Å². The van der Waals surface area contributed by atoms with Crippen LogP contribution in [0.5, 0.6) is 0 Å². The number of benzene rings is 1. The Bertz CT molecular complexity index is 495. The molecule has 3 nitrogen and oxygen atoms in total. The van der Waals surface area contributed by atoms with E-state index in [0.29, 0.717) is 11.0 Å². The van der Waals surface area contributed by atoms with Gasteiger partial charge in [-0.3, -0.25) is 4.79 Å². The minimum Gasteiger partial charge on any atom is -0.352 e. The number of amides is 1. The molecule has 1 heterocycles. The second-order valence-corrected chi connectivity index (χ2v) is 6.70. The highest BCUT2D eigenvalue weighted by atomic mass is 79.9. The summed E-state index contributed by atoms with van der Waals surface area (Å²) < 4.78 is 14.3. The van der Waals surface area contributed by atoms with Crippen LogP contribution in [0, 0.1) is 5.82 Å². The summed E-state index contributed by atoms with van der Waals surface area (Å²) in [7, 11) is 0. The molecule has 1 unspecified atom stereocenters. The molecular formula is C16H23BrFN2O+. The lowest BCUT2D eigenvalue weighted by atomic mass is 10.0. The van der Waals surface area contributed by atoms with Crippen LogP contribution in [-0.4, -0.2) is 31.6 Å². The SMILES string of the molecule is C[C@H]1CCCC[NH+]1CCCNC(=O)c1cc(Br)ccc1F. The summed E-state index contributed by atoms with van der Waals surface area (Å²) in [4.78, 5) is 13.6. The molecule has 1 saturated heterocycles. The third-order valence-electron chi connectivity index (χ3n) is 4.22. The van der Waals surface area contributed by atoms with Crippen molar-refractivity contribution in [1.82, 2.24) is 5.32 Å². The predicted molar refractivity (Wildman–Crippen MR) is 85.1 cm³/mol. The van der Waals surface area contributed by atoms with Gasteiger partial charge in [0, 0.05) is 17.4 Å². The van der Waals surface area contributed by atoms with E-state index in [1.54, 1.807) is 11.0 Å². The molecule has 2 atom stereocenters. The average Bonchev–Trinajstić information content (AvgIpc) is 2.47. The largest absolute Gasteiger partial charge is 0.352 e. The van der Waals surface area contributed by atoms with Crippen LogP contribution in [0.1, 0.15) is 43.0 Å². The molecule has 116 valence electrons. The van der Waals surface area contributed by atoms with Crippen LogP contribution in [0.3, 0.4) is 0 Å². The molecule has 5 heteroatoms. The van der Waals surface area contributed by atoms with Gasteiger partial charge in [-0.15, -0.1) is 0 Å². The van der Waals surface area contributed by atoms with E-state index in [0.717, 1.165) is 19.0 Å². The Balaban J connectivity index is 1.75. The molecule has 1 aliphatic heterocycles. The quantitative estimate of drug-likeness (QED) is 0.778. The van der Waals surface area contributed by atoms with Gasteiger partial charge in [0.2, 0.25) is 0 Å². The van der Waals surface area contributed by atoms with Crippen LogP contribution in [-0.2, 0) is 0 Å². The van der Waals surface area contributed by atoms with Gasteiger partial charge in [-0.25, -0.2) is 4.39 Å². The maximum Gasteiger partial charge on any atom is 0.254 e. The van der Waals surface area contributed by atoms with Crippen LogP contribution in [0.15, 0.2) is 22.7 Å². The first kappa shape index (κ1) is 16.4. The number of halogens is 2. The Morgan fingerprint density at radius 2 is 2.29 bits per heavy atom. The number of carbonyl (C=O) groups is 1. The fourth-order valence-corrected chi connectivity index (χ4v) is 3.27. The molecule has 2 N–H and O–H groups in total. The van der Waals surface area contributed by atoms with Crippen molar-refractivity contribution in [3.05, 3.63) is 34.1 Å². The van der Waals surface area contributed by atoms with Gasteiger partial charge in [-0.1, -0.05) is 15.9 Å². The summed E-state index contributed by atoms with van der Waals surface area (Å²) in [5.41, 5.74) is 0.100. The third kappa shape index (κ3) is 4.78. The monoisotopic (exact) mass is 357 g/mol. The molecule has 0 aliphatic carbocycles. The van der Waals surface area contributed by atoms with E-state index >= 15 is 0 Å². The first-order chi connectivity index (χ1) is 10.1. The zero-order valence-electron chi connectivity index (χ0n) is 12.4. The molecule has 1 amide bonds. The third-order valence-corrected chi connectivity index (χ3v) is 4.71. The summed E-state index contributed by atoms with van der Waals surface area (Å²) in [6.07, 6.45) is 4.87. The molecule has 21 heavy (non-hydrogen) atoms.